The Hall–Kier alpha value is -2.99. The Morgan fingerprint density at radius 3 is 2.34 bits per heavy atom. The molecule has 0 radical (unpaired) electrons. The second-order valence-electron chi connectivity index (χ2n) is 7.60. The molecule has 0 N–H and O–H groups in total. The Kier molecular flexibility index (Phi) is 4.86. The lowest BCUT2D eigenvalue weighted by atomic mass is 10.0. The van der Waals surface area contributed by atoms with E-state index in [9.17, 15) is 4.79 Å². The number of hydrogen-bond acceptors (Lipinski definition) is 5. The van der Waals surface area contributed by atoms with Crippen LogP contribution >= 0.6 is 0 Å². The highest BCUT2D eigenvalue weighted by Crippen LogP contribution is 2.31. The molecule has 0 bridgehead atoms. The van der Waals surface area contributed by atoms with Crippen LogP contribution in [0.2, 0.25) is 0 Å². The molecule has 2 saturated heterocycles. The van der Waals surface area contributed by atoms with Gasteiger partial charge in [0.1, 0.15) is 11.8 Å². The van der Waals surface area contributed by atoms with E-state index in [0.717, 1.165) is 53.8 Å². The molecule has 2 aliphatic rings. The molecule has 5 rings (SSSR count). The summed E-state index contributed by atoms with van der Waals surface area (Å²) in [6.07, 6.45) is 1.58. The third-order valence-corrected chi connectivity index (χ3v) is 5.81. The molecule has 148 valence electrons. The van der Waals surface area contributed by atoms with Gasteiger partial charge in [-0.25, -0.2) is 0 Å². The summed E-state index contributed by atoms with van der Waals surface area (Å²) in [6, 6.07) is 18.5. The number of benzene rings is 2. The fourth-order valence-electron chi connectivity index (χ4n) is 4.25. The topological polar surface area (TPSA) is 58.6 Å². The van der Waals surface area contributed by atoms with Crippen LogP contribution in [0.25, 0.3) is 22.0 Å². The fourth-order valence-corrected chi connectivity index (χ4v) is 4.25. The molecule has 1 atom stereocenters. The van der Waals surface area contributed by atoms with Crippen LogP contribution in [0.5, 0.6) is 0 Å². The van der Waals surface area contributed by atoms with Crippen LogP contribution in [0.3, 0.4) is 0 Å². The highest BCUT2D eigenvalue weighted by atomic mass is 16.5. The van der Waals surface area contributed by atoms with E-state index in [4.69, 9.17) is 4.74 Å². The first-order valence-corrected chi connectivity index (χ1v) is 10.3. The van der Waals surface area contributed by atoms with Gasteiger partial charge in [0.15, 0.2) is 5.82 Å². The van der Waals surface area contributed by atoms with Crippen molar-refractivity contribution in [3.8, 4) is 11.3 Å². The zero-order valence-corrected chi connectivity index (χ0v) is 16.3. The minimum absolute atomic E-state index is 0.137. The first-order chi connectivity index (χ1) is 14.3. The van der Waals surface area contributed by atoms with Crippen molar-refractivity contribution < 1.29 is 9.53 Å². The van der Waals surface area contributed by atoms with Crippen LogP contribution in [-0.4, -0.2) is 59.9 Å². The van der Waals surface area contributed by atoms with Crippen LogP contribution < -0.4 is 4.90 Å². The van der Waals surface area contributed by atoms with E-state index in [0.29, 0.717) is 19.7 Å². The lowest BCUT2D eigenvalue weighted by Gasteiger charge is -2.36. The van der Waals surface area contributed by atoms with Crippen LogP contribution in [0, 0.1) is 0 Å². The third-order valence-electron chi connectivity index (χ3n) is 5.81. The van der Waals surface area contributed by atoms with E-state index in [1.165, 1.54) is 0 Å². The summed E-state index contributed by atoms with van der Waals surface area (Å²) in [5.74, 6) is 1.03. The third kappa shape index (κ3) is 3.44. The Labute approximate surface area is 170 Å². The highest BCUT2D eigenvalue weighted by molar-refractivity contribution is 6.00. The van der Waals surface area contributed by atoms with Crippen molar-refractivity contribution in [2.75, 3.05) is 37.7 Å². The fraction of sp³-hybridized carbons (Fsp3) is 0.348. The van der Waals surface area contributed by atoms with Gasteiger partial charge in [0, 0.05) is 49.1 Å². The smallest absolute Gasteiger partial charge is 0.251 e. The monoisotopic (exact) mass is 388 g/mol. The first kappa shape index (κ1) is 18.1. The van der Waals surface area contributed by atoms with Crippen molar-refractivity contribution in [3.63, 3.8) is 0 Å². The van der Waals surface area contributed by atoms with Gasteiger partial charge in [0.25, 0.3) is 5.91 Å². The summed E-state index contributed by atoms with van der Waals surface area (Å²) in [5, 5.41) is 11.4. The molecule has 1 aromatic heterocycles. The number of fused-ring (bicyclic) bond motifs is 1. The van der Waals surface area contributed by atoms with Gasteiger partial charge in [-0.1, -0.05) is 54.6 Å². The zero-order valence-electron chi connectivity index (χ0n) is 16.3. The summed E-state index contributed by atoms with van der Waals surface area (Å²) in [4.78, 5) is 16.8. The number of nitrogens with zero attached hydrogens (tertiary/aromatic N) is 4. The number of amides is 1. The van der Waals surface area contributed by atoms with E-state index in [-0.39, 0.29) is 12.0 Å². The van der Waals surface area contributed by atoms with Gasteiger partial charge in [-0.2, -0.15) is 0 Å². The standard InChI is InChI=1S/C23H24N4O2/c28-23(20-11-6-16-29-20)27-14-12-26(13-15-27)22-19-10-5-4-9-18(19)21(24-25-22)17-7-2-1-3-8-17/h1-5,7-10,20H,6,11-16H2/t20-/m0/s1. The molecule has 0 saturated carbocycles. The average molecular weight is 388 g/mol. The second kappa shape index (κ2) is 7.79. The molecule has 2 aromatic carbocycles. The molecule has 6 heteroatoms. The molecule has 2 fully saturated rings. The number of piperazine rings is 1. The van der Waals surface area contributed by atoms with Crippen molar-refractivity contribution in [3.05, 3.63) is 54.6 Å². The van der Waals surface area contributed by atoms with E-state index < -0.39 is 0 Å². The normalized spacial score (nSPS) is 19.7. The van der Waals surface area contributed by atoms with Crippen LogP contribution in [0.1, 0.15) is 12.8 Å². The van der Waals surface area contributed by atoms with Crippen LogP contribution in [-0.2, 0) is 9.53 Å². The van der Waals surface area contributed by atoms with Gasteiger partial charge < -0.3 is 14.5 Å². The predicted octanol–water partition coefficient (Wildman–Crippen LogP) is 3.12. The number of carbonyl (C=O) groups is 1. The number of anilines is 1. The lowest BCUT2D eigenvalue weighted by molar-refractivity contribution is -0.141. The number of rotatable bonds is 3. The van der Waals surface area contributed by atoms with E-state index in [1.807, 2.05) is 35.2 Å². The molecule has 0 unspecified atom stereocenters. The second-order valence-corrected chi connectivity index (χ2v) is 7.60. The minimum Gasteiger partial charge on any atom is -0.368 e. The number of carbonyl (C=O) groups excluding carboxylic acids is 1. The maximum absolute atomic E-state index is 12.6. The van der Waals surface area contributed by atoms with Crippen LogP contribution in [0.15, 0.2) is 54.6 Å². The Morgan fingerprint density at radius 1 is 0.897 bits per heavy atom. The van der Waals surface area contributed by atoms with Gasteiger partial charge in [-0.15, -0.1) is 10.2 Å². The summed E-state index contributed by atoms with van der Waals surface area (Å²) in [6.45, 7) is 3.58. The van der Waals surface area contributed by atoms with Gasteiger partial charge >= 0.3 is 0 Å². The molecule has 3 heterocycles. The minimum atomic E-state index is -0.243. The van der Waals surface area contributed by atoms with Crippen molar-refractivity contribution in [2.45, 2.75) is 18.9 Å². The van der Waals surface area contributed by atoms with E-state index in [1.54, 1.807) is 0 Å². The Morgan fingerprint density at radius 2 is 1.62 bits per heavy atom. The van der Waals surface area contributed by atoms with Gasteiger partial charge in [0.05, 0.1) is 0 Å². The molecular formula is C23H24N4O2. The molecule has 0 aliphatic carbocycles. The number of ether oxygens (including phenoxy) is 1. The molecule has 29 heavy (non-hydrogen) atoms. The first-order valence-electron chi connectivity index (χ1n) is 10.3. The van der Waals surface area contributed by atoms with Crippen molar-refractivity contribution >= 4 is 22.5 Å². The van der Waals surface area contributed by atoms with Crippen molar-refractivity contribution in [2.24, 2.45) is 0 Å². The molecule has 0 spiro atoms. The summed E-state index contributed by atoms with van der Waals surface area (Å²) < 4.78 is 5.57. The molecular weight excluding hydrogens is 364 g/mol. The molecule has 1 amide bonds. The van der Waals surface area contributed by atoms with Crippen molar-refractivity contribution in [1.82, 2.24) is 15.1 Å². The molecule has 3 aromatic rings. The Bertz CT molecular complexity index is 1010. The largest absolute Gasteiger partial charge is 0.368 e. The van der Waals surface area contributed by atoms with Gasteiger partial charge in [0.2, 0.25) is 0 Å². The predicted molar refractivity (Wildman–Crippen MR) is 113 cm³/mol. The quantitative estimate of drug-likeness (QED) is 0.690. The van der Waals surface area contributed by atoms with E-state index in [2.05, 4.69) is 39.4 Å². The van der Waals surface area contributed by atoms with Gasteiger partial charge in [-0.3, -0.25) is 4.79 Å². The summed E-state index contributed by atoms with van der Waals surface area (Å²) in [7, 11) is 0. The summed E-state index contributed by atoms with van der Waals surface area (Å²) >= 11 is 0. The molecule has 6 nitrogen and oxygen atoms in total. The number of hydrogen-bond donors (Lipinski definition) is 0. The van der Waals surface area contributed by atoms with E-state index >= 15 is 0 Å². The highest BCUT2D eigenvalue weighted by Gasteiger charge is 2.31. The maximum Gasteiger partial charge on any atom is 0.251 e. The molecule has 2 aliphatic heterocycles. The maximum atomic E-state index is 12.6. The van der Waals surface area contributed by atoms with Gasteiger partial charge in [-0.05, 0) is 12.8 Å². The average Bonchev–Trinajstić information content (AvgIpc) is 3.34. The zero-order chi connectivity index (χ0) is 19.6. The summed E-state index contributed by atoms with van der Waals surface area (Å²) in [5.41, 5.74) is 1.96. The lowest BCUT2D eigenvalue weighted by Crippen LogP contribution is -2.51. The number of aromatic nitrogens is 2. The van der Waals surface area contributed by atoms with Crippen molar-refractivity contribution in [1.29, 1.82) is 0 Å². The Balaban J connectivity index is 1.40. The van der Waals surface area contributed by atoms with Crippen LogP contribution in [0.4, 0.5) is 5.82 Å². The SMILES string of the molecule is O=C([C@@H]1CCCO1)N1CCN(c2nnc(-c3ccccc3)c3ccccc23)CC1.